The van der Waals surface area contributed by atoms with Crippen LogP contribution < -0.4 is 0 Å². The highest BCUT2D eigenvalue weighted by Crippen LogP contribution is 2.03. The lowest BCUT2D eigenvalue weighted by molar-refractivity contribution is -0.136. The van der Waals surface area contributed by atoms with E-state index in [1.54, 1.807) is 6.92 Å². The Balaban J connectivity index is 3.59. The fraction of sp³-hybridized carbons (Fsp3) is 0.600. The Kier molecular flexibility index (Phi) is 6.06. The smallest absolute Gasteiger partial charge is 0.198 e. The third-order valence-electron chi connectivity index (χ3n) is 1.81. The normalized spacial score (nSPS) is 12.2. The number of Topliss-reactive ketones (excluding diaryl/α,β-unsaturated/α-hetero) is 2. The molecule has 13 heavy (non-hydrogen) atoms. The van der Waals surface area contributed by atoms with Gasteiger partial charge in [0, 0.05) is 12.8 Å². The van der Waals surface area contributed by atoms with Crippen LogP contribution in [0, 0.1) is 0 Å². The molecule has 0 heterocycles. The molecule has 0 aromatic carbocycles. The van der Waals surface area contributed by atoms with E-state index >= 15 is 0 Å². The van der Waals surface area contributed by atoms with Gasteiger partial charge in [0.1, 0.15) is 0 Å². The van der Waals surface area contributed by atoms with Crippen molar-refractivity contribution in [3.05, 3.63) is 12.7 Å². The monoisotopic (exact) mass is 184 g/mol. The standard InChI is InChI=1S/C10H16O3/c1-3-8(11)6-5-7-10(13)9(12)4-2/h3,8,11H,1,4-7H2,2H3. The van der Waals surface area contributed by atoms with E-state index in [-0.39, 0.29) is 24.4 Å². The van der Waals surface area contributed by atoms with Crippen molar-refractivity contribution in [2.24, 2.45) is 0 Å². The Bertz CT molecular complexity index is 196. The Morgan fingerprint density at radius 2 is 2.08 bits per heavy atom. The summed E-state index contributed by atoms with van der Waals surface area (Å²) in [5.41, 5.74) is 0. The van der Waals surface area contributed by atoms with Crippen LogP contribution in [0.3, 0.4) is 0 Å². The second-order valence-electron chi connectivity index (χ2n) is 2.90. The molecule has 0 amide bonds. The molecule has 0 aliphatic rings. The van der Waals surface area contributed by atoms with Gasteiger partial charge < -0.3 is 5.11 Å². The van der Waals surface area contributed by atoms with Gasteiger partial charge in [-0.2, -0.15) is 0 Å². The highest BCUT2D eigenvalue weighted by Gasteiger charge is 2.10. The average Bonchev–Trinajstić information content (AvgIpc) is 2.15. The summed E-state index contributed by atoms with van der Waals surface area (Å²) < 4.78 is 0. The molecule has 0 aliphatic heterocycles. The van der Waals surface area contributed by atoms with Crippen molar-refractivity contribution < 1.29 is 14.7 Å². The van der Waals surface area contributed by atoms with Crippen LogP contribution in [0.1, 0.15) is 32.6 Å². The zero-order valence-corrected chi connectivity index (χ0v) is 7.95. The lowest BCUT2D eigenvalue weighted by atomic mass is 10.1. The molecule has 0 rings (SSSR count). The number of carbonyl (C=O) groups is 2. The number of aliphatic hydroxyl groups excluding tert-OH is 1. The van der Waals surface area contributed by atoms with Gasteiger partial charge in [-0.3, -0.25) is 9.59 Å². The second kappa shape index (κ2) is 6.54. The number of aliphatic hydroxyl groups is 1. The summed E-state index contributed by atoms with van der Waals surface area (Å²) in [6.45, 7) is 5.07. The van der Waals surface area contributed by atoms with E-state index < -0.39 is 6.10 Å². The molecule has 0 saturated carbocycles. The maximum atomic E-state index is 11.0. The van der Waals surface area contributed by atoms with Crippen molar-refractivity contribution >= 4 is 11.6 Å². The maximum absolute atomic E-state index is 11.0. The zero-order chi connectivity index (χ0) is 10.3. The minimum atomic E-state index is -0.565. The van der Waals surface area contributed by atoms with Crippen molar-refractivity contribution in [3.63, 3.8) is 0 Å². The lowest BCUT2D eigenvalue weighted by Crippen LogP contribution is -2.13. The van der Waals surface area contributed by atoms with E-state index in [2.05, 4.69) is 6.58 Å². The summed E-state index contributed by atoms with van der Waals surface area (Å²) in [5.74, 6) is -0.660. The molecule has 0 spiro atoms. The molecule has 1 N–H and O–H groups in total. The van der Waals surface area contributed by atoms with E-state index in [1.807, 2.05) is 0 Å². The predicted octanol–water partition coefficient (Wildman–Crippen LogP) is 1.25. The third kappa shape index (κ3) is 5.31. The van der Waals surface area contributed by atoms with Gasteiger partial charge in [-0.25, -0.2) is 0 Å². The van der Waals surface area contributed by atoms with Gasteiger partial charge in [-0.1, -0.05) is 13.0 Å². The molecule has 0 aromatic rings. The molecule has 0 radical (unpaired) electrons. The first-order chi connectivity index (χ1) is 6.11. The molecule has 74 valence electrons. The first-order valence-electron chi connectivity index (χ1n) is 4.48. The minimum absolute atomic E-state index is 0.234. The Morgan fingerprint density at radius 3 is 2.54 bits per heavy atom. The molecule has 3 nitrogen and oxygen atoms in total. The van der Waals surface area contributed by atoms with Crippen molar-refractivity contribution in [1.82, 2.24) is 0 Å². The van der Waals surface area contributed by atoms with Crippen LogP contribution in [-0.4, -0.2) is 22.8 Å². The number of rotatable bonds is 7. The SMILES string of the molecule is C=CC(O)CCCC(=O)C(=O)CC. The van der Waals surface area contributed by atoms with E-state index in [1.165, 1.54) is 6.08 Å². The van der Waals surface area contributed by atoms with Gasteiger partial charge in [0.05, 0.1) is 6.10 Å². The fourth-order valence-electron chi connectivity index (χ4n) is 0.926. The molecule has 1 unspecified atom stereocenters. The predicted molar refractivity (Wildman–Crippen MR) is 50.4 cm³/mol. The van der Waals surface area contributed by atoms with Crippen LogP contribution in [-0.2, 0) is 9.59 Å². The highest BCUT2D eigenvalue weighted by atomic mass is 16.3. The van der Waals surface area contributed by atoms with Gasteiger partial charge in [0.2, 0.25) is 0 Å². The molecule has 0 saturated heterocycles. The van der Waals surface area contributed by atoms with Crippen molar-refractivity contribution in [1.29, 1.82) is 0 Å². The Labute approximate surface area is 78.5 Å². The average molecular weight is 184 g/mol. The molecule has 0 aliphatic carbocycles. The van der Waals surface area contributed by atoms with E-state index in [0.29, 0.717) is 12.8 Å². The maximum Gasteiger partial charge on any atom is 0.198 e. The Morgan fingerprint density at radius 1 is 1.46 bits per heavy atom. The fourth-order valence-corrected chi connectivity index (χ4v) is 0.926. The van der Waals surface area contributed by atoms with Crippen molar-refractivity contribution in [2.75, 3.05) is 0 Å². The van der Waals surface area contributed by atoms with Gasteiger partial charge in [-0.05, 0) is 12.8 Å². The van der Waals surface area contributed by atoms with Crippen LogP contribution in [0.25, 0.3) is 0 Å². The van der Waals surface area contributed by atoms with Crippen LogP contribution in [0.2, 0.25) is 0 Å². The first kappa shape index (κ1) is 12.0. The largest absolute Gasteiger partial charge is 0.389 e. The van der Waals surface area contributed by atoms with Crippen molar-refractivity contribution in [2.45, 2.75) is 38.7 Å². The summed E-state index contributed by atoms with van der Waals surface area (Å²) in [6.07, 6.45) is 2.39. The van der Waals surface area contributed by atoms with Crippen molar-refractivity contribution in [3.8, 4) is 0 Å². The highest BCUT2D eigenvalue weighted by molar-refractivity contribution is 6.37. The number of hydrogen-bond donors (Lipinski definition) is 1. The summed E-state index contributed by atoms with van der Waals surface area (Å²) in [4.78, 5) is 21.8. The van der Waals surface area contributed by atoms with E-state index in [0.717, 1.165) is 0 Å². The Hall–Kier alpha value is -0.960. The van der Waals surface area contributed by atoms with Gasteiger partial charge >= 0.3 is 0 Å². The molecule has 0 bridgehead atoms. The quantitative estimate of drug-likeness (QED) is 0.478. The first-order valence-corrected chi connectivity index (χ1v) is 4.48. The second-order valence-corrected chi connectivity index (χ2v) is 2.90. The molecule has 3 heteroatoms. The summed E-state index contributed by atoms with van der Waals surface area (Å²) in [6, 6.07) is 0. The van der Waals surface area contributed by atoms with Crippen LogP contribution in [0.5, 0.6) is 0 Å². The van der Waals surface area contributed by atoms with Gasteiger partial charge in [-0.15, -0.1) is 6.58 Å². The summed E-state index contributed by atoms with van der Waals surface area (Å²) >= 11 is 0. The van der Waals surface area contributed by atoms with Crippen LogP contribution >= 0.6 is 0 Å². The van der Waals surface area contributed by atoms with Crippen LogP contribution in [0.15, 0.2) is 12.7 Å². The lowest BCUT2D eigenvalue weighted by Gasteiger charge is -2.02. The number of hydrogen-bond acceptors (Lipinski definition) is 3. The number of carbonyl (C=O) groups excluding carboxylic acids is 2. The molecular weight excluding hydrogens is 168 g/mol. The topological polar surface area (TPSA) is 54.4 Å². The summed E-state index contributed by atoms with van der Waals surface area (Å²) in [7, 11) is 0. The van der Waals surface area contributed by atoms with Gasteiger partial charge in [0.15, 0.2) is 11.6 Å². The zero-order valence-electron chi connectivity index (χ0n) is 7.95. The molecule has 0 aromatic heterocycles. The number of ketones is 2. The molecular formula is C10H16O3. The molecule has 1 atom stereocenters. The summed E-state index contributed by atoms with van der Waals surface area (Å²) in [5, 5.41) is 9.05. The van der Waals surface area contributed by atoms with E-state index in [4.69, 9.17) is 5.11 Å². The third-order valence-corrected chi connectivity index (χ3v) is 1.81. The van der Waals surface area contributed by atoms with Crippen LogP contribution in [0.4, 0.5) is 0 Å². The van der Waals surface area contributed by atoms with E-state index in [9.17, 15) is 9.59 Å². The minimum Gasteiger partial charge on any atom is -0.389 e. The van der Waals surface area contributed by atoms with Gasteiger partial charge in [0.25, 0.3) is 0 Å². The molecule has 0 fully saturated rings.